The Hall–Kier alpha value is -1.68. The SMILES string of the molecule is Cc1nccn1-c1cncc(CNC2CC2)c1. The lowest BCUT2D eigenvalue weighted by molar-refractivity contribution is 0.685. The second-order valence-electron chi connectivity index (χ2n) is 4.55. The Morgan fingerprint density at radius 2 is 2.29 bits per heavy atom. The number of nitrogens with zero attached hydrogens (tertiary/aromatic N) is 3. The summed E-state index contributed by atoms with van der Waals surface area (Å²) in [6, 6.07) is 2.89. The lowest BCUT2D eigenvalue weighted by atomic mass is 10.2. The van der Waals surface area contributed by atoms with E-state index in [1.807, 2.05) is 36.3 Å². The zero-order chi connectivity index (χ0) is 11.7. The van der Waals surface area contributed by atoms with Crippen molar-refractivity contribution in [2.45, 2.75) is 32.4 Å². The van der Waals surface area contributed by atoms with Crippen LogP contribution in [-0.4, -0.2) is 20.6 Å². The number of imidazole rings is 1. The molecule has 0 aromatic carbocycles. The third kappa shape index (κ3) is 2.36. The summed E-state index contributed by atoms with van der Waals surface area (Å²) in [4.78, 5) is 8.52. The predicted octanol–water partition coefficient (Wildman–Crippen LogP) is 1.83. The maximum Gasteiger partial charge on any atom is 0.110 e. The molecule has 2 aromatic heterocycles. The zero-order valence-corrected chi connectivity index (χ0v) is 9.93. The zero-order valence-electron chi connectivity index (χ0n) is 9.93. The van der Waals surface area contributed by atoms with E-state index in [-0.39, 0.29) is 0 Å². The molecule has 4 nitrogen and oxygen atoms in total. The van der Waals surface area contributed by atoms with Crippen LogP contribution in [0.4, 0.5) is 0 Å². The van der Waals surface area contributed by atoms with Gasteiger partial charge in [-0.3, -0.25) is 4.98 Å². The van der Waals surface area contributed by atoms with E-state index in [0.29, 0.717) is 0 Å². The number of pyridine rings is 1. The maximum atomic E-state index is 4.29. The molecule has 0 saturated heterocycles. The molecule has 1 fully saturated rings. The fourth-order valence-corrected chi connectivity index (χ4v) is 1.90. The Morgan fingerprint density at radius 3 is 3.00 bits per heavy atom. The second kappa shape index (κ2) is 4.30. The topological polar surface area (TPSA) is 42.7 Å². The Kier molecular flexibility index (Phi) is 2.65. The highest BCUT2D eigenvalue weighted by Gasteiger charge is 2.19. The third-order valence-corrected chi connectivity index (χ3v) is 3.06. The summed E-state index contributed by atoms with van der Waals surface area (Å²) in [5, 5.41) is 3.50. The van der Waals surface area contributed by atoms with Crippen molar-refractivity contribution in [3.8, 4) is 5.69 Å². The van der Waals surface area contributed by atoms with Crippen molar-refractivity contribution in [2.24, 2.45) is 0 Å². The van der Waals surface area contributed by atoms with E-state index in [9.17, 15) is 0 Å². The molecule has 1 saturated carbocycles. The van der Waals surface area contributed by atoms with Crippen molar-refractivity contribution >= 4 is 0 Å². The van der Waals surface area contributed by atoms with Crippen LogP contribution < -0.4 is 5.32 Å². The Labute approximate surface area is 101 Å². The molecule has 0 aliphatic heterocycles. The lowest BCUT2D eigenvalue weighted by Crippen LogP contribution is -2.15. The highest BCUT2D eigenvalue weighted by atomic mass is 15.1. The number of aromatic nitrogens is 3. The summed E-state index contributed by atoms with van der Waals surface area (Å²) >= 11 is 0. The number of rotatable bonds is 4. The molecule has 2 aromatic rings. The van der Waals surface area contributed by atoms with Gasteiger partial charge in [-0.1, -0.05) is 0 Å². The normalized spacial score (nSPS) is 15.1. The quantitative estimate of drug-likeness (QED) is 0.868. The van der Waals surface area contributed by atoms with Crippen molar-refractivity contribution < 1.29 is 0 Å². The first-order chi connectivity index (χ1) is 8.33. The minimum atomic E-state index is 0.730. The van der Waals surface area contributed by atoms with Gasteiger partial charge in [-0.05, 0) is 31.4 Å². The van der Waals surface area contributed by atoms with E-state index in [2.05, 4.69) is 21.4 Å². The first-order valence-corrected chi connectivity index (χ1v) is 6.00. The predicted molar refractivity (Wildman–Crippen MR) is 66.0 cm³/mol. The van der Waals surface area contributed by atoms with Gasteiger partial charge in [-0.2, -0.15) is 0 Å². The first-order valence-electron chi connectivity index (χ1n) is 6.00. The third-order valence-electron chi connectivity index (χ3n) is 3.06. The fraction of sp³-hybridized carbons (Fsp3) is 0.385. The second-order valence-corrected chi connectivity index (χ2v) is 4.55. The molecule has 88 valence electrons. The van der Waals surface area contributed by atoms with Crippen LogP contribution in [0, 0.1) is 6.92 Å². The largest absolute Gasteiger partial charge is 0.310 e. The summed E-state index contributed by atoms with van der Waals surface area (Å²) in [7, 11) is 0. The highest BCUT2D eigenvalue weighted by molar-refractivity contribution is 5.33. The van der Waals surface area contributed by atoms with Gasteiger partial charge in [0.05, 0.1) is 11.9 Å². The molecule has 0 spiro atoms. The van der Waals surface area contributed by atoms with Gasteiger partial charge in [-0.15, -0.1) is 0 Å². The van der Waals surface area contributed by atoms with Gasteiger partial charge in [0.15, 0.2) is 0 Å². The summed E-state index contributed by atoms with van der Waals surface area (Å²) in [6.45, 7) is 2.90. The van der Waals surface area contributed by atoms with Gasteiger partial charge in [0.25, 0.3) is 0 Å². The van der Waals surface area contributed by atoms with Crippen LogP contribution in [0.5, 0.6) is 0 Å². The van der Waals surface area contributed by atoms with Crippen LogP contribution in [0.3, 0.4) is 0 Å². The number of hydrogen-bond donors (Lipinski definition) is 1. The molecule has 3 rings (SSSR count). The average molecular weight is 228 g/mol. The van der Waals surface area contributed by atoms with Crippen LogP contribution in [0.15, 0.2) is 30.9 Å². The molecule has 0 bridgehead atoms. The van der Waals surface area contributed by atoms with E-state index in [1.165, 1.54) is 18.4 Å². The van der Waals surface area contributed by atoms with Crippen molar-refractivity contribution in [1.82, 2.24) is 19.9 Å². The van der Waals surface area contributed by atoms with E-state index in [0.717, 1.165) is 24.1 Å². The molecule has 1 N–H and O–H groups in total. The van der Waals surface area contributed by atoms with Crippen LogP contribution in [0.25, 0.3) is 5.69 Å². The summed E-state index contributed by atoms with van der Waals surface area (Å²) < 4.78 is 2.05. The minimum Gasteiger partial charge on any atom is -0.310 e. The molecule has 1 aliphatic rings. The Morgan fingerprint density at radius 1 is 1.41 bits per heavy atom. The molecule has 0 radical (unpaired) electrons. The van der Waals surface area contributed by atoms with Gasteiger partial charge in [0.2, 0.25) is 0 Å². The molecular formula is C13H16N4. The van der Waals surface area contributed by atoms with E-state index < -0.39 is 0 Å². The molecular weight excluding hydrogens is 212 g/mol. The number of aryl methyl sites for hydroxylation is 1. The number of hydrogen-bond acceptors (Lipinski definition) is 3. The maximum absolute atomic E-state index is 4.29. The summed E-state index contributed by atoms with van der Waals surface area (Å²) in [5.74, 6) is 0.985. The van der Waals surface area contributed by atoms with Crippen molar-refractivity contribution in [2.75, 3.05) is 0 Å². The van der Waals surface area contributed by atoms with Crippen molar-refractivity contribution in [3.05, 3.63) is 42.2 Å². The van der Waals surface area contributed by atoms with Gasteiger partial charge < -0.3 is 9.88 Å². The molecule has 0 unspecified atom stereocenters. The Balaban J connectivity index is 1.80. The van der Waals surface area contributed by atoms with Crippen LogP contribution in [0.1, 0.15) is 24.2 Å². The van der Waals surface area contributed by atoms with E-state index in [1.54, 1.807) is 0 Å². The molecule has 2 heterocycles. The smallest absolute Gasteiger partial charge is 0.110 e. The first kappa shape index (κ1) is 10.5. The van der Waals surface area contributed by atoms with Gasteiger partial charge in [0.1, 0.15) is 5.82 Å². The monoisotopic (exact) mass is 228 g/mol. The lowest BCUT2D eigenvalue weighted by Gasteiger charge is -2.07. The highest BCUT2D eigenvalue weighted by Crippen LogP contribution is 2.19. The molecule has 4 heteroatoms. The van der Waals surface area contributed by atoms with E-state index >= 15 is 0 Å². The van der Waals surface area contributed by atoms with Gasteiger partial charge in [0, 0.05) is 31.2 Å². The summed E-state index contributed by atoms with van der Waals surface area (Å²) in [5.41, 5.74) is 2.30. The van der Waals surface area contributed by atoms with Crippen molar-refractivity contribution in [3.63, 3.8) is 0 Å². The summed E-state index contributed by atoms with van der Waals surface area (Å²) in [6.07, 6.45) is 10.2. The molecule has 0 atom stereocenters. The Bertz CT molecular complexity index is 514. The van der Waals surface area contributed by atoms with E-state index in [4.69, 9.17) is 0 Å². The van der Waals surface area contributed by atoms with Gasteiger partial charge in [-0.25, -0.2) is 4.98 Å². The van der Waals surface area contributed by atoms with Crippen LogP contribution in [0.2, 0.25) is 0 Å². The molecule has 1 aliphatic carbocycles. The standard InChI is InChI=1S/C13H16N4/c1-10-15-4-5-17(10)13-6-11(7-14-9-13)8-16-12-2-3-12/h4-7,9,12,16H,2-3,8H2,1H3. The van der Waals surface area contributed by atoms with Crippen LogP contribution in [-0.2, 0) is 6.54 Å². The van der Waals surface area contributed by atoms with Gasteiger partial charge >= 0.3 is 0 Å². The molecule has 0 amide bonds. The number of nitrogens with one attached hydrogen (secondary N) is 1. The fourth-order valence-electron chi connectivity index (χ4n) is 1.90. The molecule has 17 heavy (non-hydrogen) atoms. The van der Waals surface area contributed by atoms with Crippen molar-refractivity contribution in [1.29, 1.82) is 0 Å². The van der Waals surface area contributed by atoms with Crippen LogP contribution >= 0.6 is 0 Å². The minimum absolute atomic E-state index is 0.730. The average Bonchev–Trinajstić information content (AvgIpc) is 3.08.